The van der Waals surface area contributed by atoms with Gasteiger partial charge in [0.1, 0.15) is 0 Å². The Balaban J connectivity index is 0.00000128. The predicted octanol–water partition coefficient (Wildman–Crippen LogP) is 1.11. The van der Waals surface area contributed by atoms with Crippen LogP contribution in [-0.4, -0.2) is 42.0 Å². The van der Waals surface area contributed by atoms with Gasteiger partial charge in [-0.25, -0.2) is 4.39 Å². The zero-order valence-corrected chi connectivity index (χ0v) is 10.9. The van der Waals surface area contributed by atoms with Crippen LogP contribution in [0.5, 0.6) is 0 Å². The molecule has 0 atom stereocenters. The van der Waals surface area contributed by atoms with Crippen molar-refractivity contribution in [1.29, 1.82) is 0 Å². The monoisotopic (exact) mass is 281 g/mol. The van der Waals surface area contributed by atoms with Crippen LogP contribution in [0.1, 0.15) is 10.4 Å². The summed E-state index contributed by atoms with van der Waals surface area (Å²) in [5.41, 5.74) is 0.0828. The van der Waals surface area contributed by atoms with E-state index in [4.69, 9.17) is 0 Å². The van der Waals surface area contributed by atoms with Crippen molar-refractivity contribution in [2.45, 2.75) is 6.04 Å². The minimum atomic E-state index is -0.568. The Hall–Kier alpha value is -0.910. The van der Waals surface area contributed by atoms with Gasteiger partial charge in [-0.2, -0.15) is 0 Å². The molecule has 96 valence electrons. The molecule has 1 aromatic rings. The summed E-state index contributed by atoms with van der Waals surface area (Å²) in [5.74, 6) is -0.858. The number of likely N-dealkylation sites (N-methyl/N-ethyl adjacent to an activating group) is 1. The first kappa shape index (κ1) is 16.1. The Morgan fingerprint density at radius 1 is 1.53 bits per heavy atom. The van der Waals surface area contributed by atoms with E-state index in [1.165, 1.54) is 12.3 Å². The number of pyridine rings is 1. The van der Waals surface area contributed by atoms with Crippen LogP contribution >= 0.6 is 24.8 Å². The number of hydrogen-bond donors (Lipinski definition) is 1. The summed E-state index contributed by atoms with van der Waals surface area (Å²) in [6.07, 6.45) is 2.48. The number of nitrogens with one attached hydrogen (secondary N) is 1. The van der Waals surface area contributed by atoms with E-state index in [9.17, 15) is 9.18 Å². The molecule has 1 amide bonds. The van der Waals surface area contributed by atoms with Gasteiger partial charge in [0, 0.05) is 26.3 Å². The zero-order chi connectivity index (χ0) is 10.8. The average molecular weight is 282 g/mol. The molecular formula is C10H14Cl2FN3O. The minimum Gasteiger partial charge on any atom is -0.336 e. The Morgan fingerprint density at radius 3 is 2.65 bits per heavy atom. The van der Waals surface area contributed by atoms with Crippen LogP contribution in [0.2, 0.25) is 0 Å². The highest BCUT2D eigenvalue weighted by Crippen LogP contribution is 2.11. The summed E-state index contributed by atoms with van der Waals surface area (Å²) >= 11 is 0. The molecule has 0 aliphatic carbocycles. The van der Waals surface area contributed by atoms with Gasteiger partial charge in [0.15, 0.2) is 5.82 Å². The van der Waals surface area contributed by atoms with Crippen LogP contribution in [-0.2, 0) is 0 Å². The number of nitrogens with zero attached hydrogens (tertiary/aromatic N) is 2. The van der Waals surface area contributed by atoms with E-state index in [0.717, 1.165) is 19.3 Å². The summed E-state index contributed by atoms with van der Waals surface area (Å²) in [5, 5.41) is 3.06. The summed E-state index contributed by atoms with van der Waals surface area (Å²) in [4.78, 5) is 17.0. The van der Waals surface area contributed by atoms with Gasteiger partial charge in [-0.05, 0) is 6.07 Å². The molecule has 2 heterocycles. The normalized spacial score (nSPS) is 14.0. The molecule has 1 saturated heterocycles. The Kier molecular flexibility index (Phi) is 6.37. The van der Waals surface area contributed by atoms with Crippen LogP contribution in [0.3, 0.4) is 0 Å². The highest BCUT2D eigenvalue weighted by molar-refractivity contribution is 5.94. The van der Waals surface area contributed by atoms with Gasteiger partial charge in [-0.15, -0.1) is 24.8 Å². The van der Waals surface area contributed by atoms with E-state index >= 15 is 0 Å². The molecule has 17 heavy (non-hydrogen) atoms. The van der Waals surface area contributed by atoms with Crippen molar-refractivity contribution < 1.29 is 9.18 Å². The molecule has 7 heteroatoms. The molecule has 1 N–H and O–H groups in total. The van der Waals surface area contributed by atoms with E-state index in [2.05, 4.69) is 10.3 Å². The maximum Gasteiger partial charge on any atom is 0.257 e. The molecule has 0 saturated carbocycles. The molecule has 2 rings (SSSR count). The van der Waals surface area contributed by atoms with Crippen molar-refractivity contribution in [2.24, 2.45) is 0 Å². The number of rotatable bonds is 2. The quantitative estimate of drug-likeness (QED) is 0.883. The number of aromatic nitrogens is 1. The standard InChI is InChI=1S/C10H12FN3O.2ClH/c1-14(7-4-13-5-7)10(15)8-2-3-12-6-9(8)11;;/h2-3,6-7,13H,4-5H2,1H3;2*1H. The number of carbonyl (C=O) groups is 1. The summed E-state index contributed by atoms with van der Waals surface area (Å²) in [6.45, 7) is 1.55. The first-order valence-electron chi connectivity index (χ1n) is 4.77. The SMILES string of the molecule is CN(C(=O)c1ccncc1F)C1CNC1.Cl.Cl. The topological polar surface area (TPSA) is 45.2 Å². The smallest absolute Gasteiger partial charge is 0.257 e. The van der Waals surface area contributed by atoms with E-state index in [1.807, 2.05) is 0 Å². The van der Waals surface area contributed by atoms with Crippen molar-refractivity contribution >= 4 is 30.7 Å². The fourth-order valence-electron chi connectivity index (χ4n) is 1.45. The molecule has 1 aliphatic rings. The van der Waals surface area contributed by atoms with Gasteiger partial charge in [0.25, 0.3) is 5.91 Å². The highest BCUT2D eigenvalue weighted by Gasteiger charge is 2.27. The number of carbonyl (C=O) groups excluding carboxylic acids is 1. The molecule has 1 aromatic heterocycles. The van der Waals surface area contributed by atoms with Gasteiger partial charge in [0.2, 0.25) is 0 Å². The summed E-state index contributed by atoms with van der Waals surface area (Å²) < 4.78 is 13.3. The van der Waals surface area contributed by atoms with Crippen LogP contribution in [0, 0.1) is 5.82 Å². The second kappa shape index (κ2) is 6.74. The van der Waals surface area contributed by atoms with Crippen molar-refractivity contribution in [3.05, 3.63) is 29.8 Å². The lowest BCUT2D eigenvalue weighted by molar-refractivity contribution is 0.0676. The second-order valence-corrected chi connectivity index (χ2v) is 3.58. The summed E-state index contributed by atoms with van der Waals surface area (Å²) in [7, 11) is 1.69. The van der Waals surface area contributed by atoms with E-state index < -0.39 is 5.82 Å². The van der Waals surface area contributed by atoms with Crippen molar-refractivity contribution in [1.82, 2.24) is 15.2 Å². The predicted molar refractivity (Wildman–Crippen MR) is 67.4 cm³/mol. The Bertz CT molecular complexity index is 388. The van der Waals surface area contributed by atoms with Crippen LogP contribution in [0.15, 0.2) is 18.5 Å². The molecule has 0 bridgehead atoms. The van der Waals surface area contributed by atoms with Gasteiger partial charge in [-0.3, -0.25) is 9.78 Å². The van der Waals surface area contributed by atoms with Crippen molar-refractivity contribution in [2.75, 3.05) is 20.1 Å². The maximum atomic E-state index is 13.3. The van der Waals surface area contributed by atoms with Crippen LogP contribution < -0.4 is 5.32 Å². The van der Waals surface area contributed by atoms with E-state index in [-0.39, 0.29) is 42.3 Å². The minimum absolute atomic E-state index is 0. The third-order valence-corrected chi connectivity index (χ3v) is 2.63. The fraction of sp³-hybridized carbons (Fsp3) is 0.400. The van der Waals surface area contributed by atoms with Gasteiger partial charge in [0.05, 0.1) is 17.8 Å². The molecular weight excluding hydrogens is 268 g/mol. The van der Waals surface area contributed by atoms with Gasteiger partial charge < -0.3 is 10.2 Å². The molecule has 0 aromatic carbocycles. The average Bonchev–Trinajstić information content (AvgIpc) is 2.15. The second-order valence-electron chi connectivity index (χ2n) is 3.58. The van der Waals surface area contributed by atoms with E-state index in [0.29, 0.717) is 0 Å². The molecule has 1 fully saturated rings. The van der Waals surface area contributed by atoms with Crippen LogP contribution in [0.4, 0.5) is 4.39 Å². The largest absolute Gasteiger partial charge is 0.336 e. The van der Waals surface area contributed by atoms with E-state index in [1.54, 1.807) is 11.9 Å². The first-order chi connectivity index (χ1) is 7.20. The molecule has 0 spiro atoms. The Morgan fingerprint density at radius 2 is 2.18 bits per heavy atom. The molecule has 0 unspecified atom stereocenters. The lowest BCUT2D eigenvalue weighted by Crippen LogP contribution is -2.57. The van der Waals surface area contributed by atoms with Gasteiger partial charge >= 0.3 is 0 Å². The fourth-order valence-corrected chi connectivity index (χ4v) is 1.45. The number of amides is 1. The zero-order valence-electron chi connectivity index (χ0n) is 9.22. The molecule has 0 radical (unpaired) electrons. The molecule has 4 nitrogen and oxygen atoms in total. The number of hydrogen-bond acceptors (Lipinski definition) is 3. The third kappa shape index (κ3) is 3.28. The maximum absolute atomic E-state index is 13.3. The third-order valence-electron chi connectivity index (χ3n) is 2.63. The Labute approximate surface area is 111 Å². The van der Waals surface area contributed by atoms with Gasteiger partial charge in [-0.1, -0.05) is 0 Å². The highest BCUT2D eigenvalue weighted by atomic mass is 35.5. The number of halogens is 3. The molecule has 1 aliphatic heterocycles. The lowest BCUT2D eigenvalue weighted by Gasteiger charge is -2.35. The summed E-state index contributed by atoms with van der Waals surface area (Å²) in [6, 6.07) is 1.57. The van der Waals surface area contributed by atoms with Crippen LogP contribution in [0.25, 0.3) is 0 Å². The first-order valence-corrected chi connectivity index (χ1v) is 4.77. The lowest BCUT2D eigenvalue weighted by atomic mass is 10.1. The van der Waals surface area contributed by atoms with Crippen molar-refractivity contribution in [3.63, 3.8) is 0 Å². The van der Waals surface area contributed by atoms with Crippen molar-refractivity contribution in [3.8, 4) is 0 Å².